The van der Waals surface area contributed by atoms with E-state index < -0.39 is 0 Å². The molecule has 0 aromatic rings. The number of rotatable bonds is 1. The van der Waals surface area contributed by atoms with Gasteiger partial charge < -0.3 is 10.1 Å². The topological polar surface area (TPSA) is 33.6 Å². The highest BCUT2D eigenvalue weighted by Crippen LogP contribution is 2.41. The van der Waals surface area contributed by atoms with Crippen molar-refractivity contribution in [3.05, 3.63) is 12.3 Å². The van der Waals surface area contributed by atoms with Gasteiger partial charge in [-0.25, -0.2) is 4.99 Å². The number of ether oxygens (including phenoxy) is 1. The van der Waals surface area contributed by atoms with Gasteiger partial charge >= 0.3 is 0 Å². The summed E-state index contributed by atoms with van der Waals surface area (Å²) >= 11 is 0. The van der Waals surface area contributed by atoms with Crippen LogP contribution in [-0.2, 0) is 4.74 Å². The van der Waals surface area contributed by atoms with E-state index in [4.69, 9.17) is 4.74 Å². The van der Waals surface area contributed by atoms with Crippen LogP contribution in [0.2, 0.25) is 0 Å². The Morgan fingerprint density at radius 2 is 2.42 bits per heavy atom. The molecule has 1 aliphatic heterocycles. The lowest BCUT2D eigenvalue weighted by atomic mass is 10.1. The normalized spacial score (nSPS) is 34.0. The van der Waals surface area contributed by atoms with Gasteiger partial charge in [0, 0.05) is 18.2 Å². The van der Waals surface area contributed by atoms with E-state index in [9.17, 15) is 0 Å². The average Bonchev–Trinajstić information content (AvgIpc) is 2.86. The molecule has 0 aromatic carbocycles. The Kier molecular flexibility index (Phi) is 1.60. The molecule has 1 unspecified atom stereocenters. The van der Waals surface area contributed by atoms with E-state index in [2.05, 4.69) is 17.2 Å². The lowest BCUT2D eigenvalue weighted by Crippen LogP contribution is -2.42. The van der Waals surface area contributed by atoms with Crippen LogP contribution in [0, 0.1) is 5.92 Å². The number of aliphatic imine (C=N–C) groups is 1. The lowest BCUT2D eigenvalue weighted by molar-refractivity contribution is 0.331. The average molecular weight is 166 g/mol. The summed E-state index contributed by atoms with van der Waals surface area (Å²) in [5.74, 6) is 1.41. The molecule has 1 atom stereocenters. The zero-order valence-electron chi connectivity index (χ0n) is 7.50. The zero-order valence-corrected chi connectivity index (χ0v) is 7.50. The fraction of sp³-hybridized carbons (Fsp3) is 0.667. The summed E-state index contributed by atoms with van der Waals surface area (Å²) in [6.07, 6.45) is 6.32. The van der Waals surface area contributed by atoms with E-state index in [1.54, 1.807) is 7.11 Å². The molecule has 1 aliphatic carbocycles. The standard InChI is InChI=1S/C9H14N2O/c1-9(7-3-4-7)10-6-5-8(11-9)12-2/h5-7,10H,3-4H2,1-2H3. The van der Waals surface area contributed by atoms with Crippen LogP contribution in [0.25, 0.3) is 0 Å². The Balaban J connectivity index is 2.17. The lowest BCUT2D eigenvalue weighted by Gasteiger charge is -2.28. The minimum Gasteiger partial charge on any atom is -0.481 e. The molecule has 1 N–H and O–H groups in total. The zero-order chi connectivity index (χ0) is 8.60. The third kappa shape index (κ3) is 1.19. The van der Waals surface area contributed by atoms with Gasteiger partial charge in [-0.3, -0.25) is 0 Å². The Morgan fingerprint density at radius 3 is 3.00 bits per heavy atom. The molecule has 1 fully saturated rings. The summed E-state index contributed by atoms with van der Waals surface area (Å²) in [7, 11) is 1.65. The Hall–Kier alpha value is -0.990. The van der Waals surface area contributed by atoms with Crippen molar-refractivity contribution in [1.82, 2.24) is 5.32 Å². The van der Waals surface area contributed by atoms with E-state index >= 15 is 0 Å². The van der Waals surface area contributed by atoms with Crippen LogP contribution < -0.4 is 5.32 Å². The molecule has 3 nitrogen and oxygen atoms in total. The Morgan fingerprint density at radius 1 is 1.67 bits per heavy atom. The number of nitrogens with one attached hydrogen (secondary N) is 1. The van der Waals surface area contributed by atoms with Crippen LogP contribution in [0.15, 0.2) is 17.3 Å². The van der Waals surface area contributed by atoms with Crippen LogP contribution in [0.1, 0.15) is 19.8 Å². The molecule has 1 saturated carbocycles. The molecule has 66 valence electrons. The largest absolute Gasteiger partial charge is 0.481 e. The van der Waals surface area contributed by atoms with Crippen molar-refractivity contribution in [2.75, 3.05) is 7.11 Å². The van der Waals surface area contributed by atoms with Crippen LogP contribution in [0.3, 0.4) is 0 Å². The molecule has 1 heterocycles. The van der Waals surface area contributed by atoms with Gasteiger partial charge in [0.25, 0.3) is 0 Å². The Labute approximate surface area is 72.5 Å². The quantitative estimate of drug-likeness (QED) is 0.636. The third-order valence-corrected chi connectivity index (χ3v) is 2.53. The van der Waals surface area contributed by atoms with Crippen molar-refractivity contribution < 1.29 is 4.74 Å². The smallest absolute Gasteiger partial charge is 0.212 e. The molecule has 12 heavy (non-hydrogen) atoms. The molecule has 0 amide bonds. The van der Waals surface area contributed by atoms with Crippen molar-refractivity contribution in [3.63, 3.8) is 0 Å². The van der Waals surface area contributed by atoms with E-state index in [1.165, 1.54) is 12.8 Å². The monoisotopic (exact) mass is 166 g/mol. The van der Waals surface area contributed by atoms with Gasteiger partial charge in [-0.1, -0.05) is 0 Å². The molecule has 0 radical (unpaired) electrons. The maximum atomic E-state index is 5.09. The molecule has 2 aliphatic rings. The van der Waals surface area contributed by atoms with Crippen LogP contribution >= 0.6 is 0 Å². The first kappa shape index (κ1) is 7.65. The highest BCUT2D eigenvalue weighted by Gasteiger charge is 2.42. The first-order valence-electron chi connectivity index (χ1n) is 4.33. The molecule has 3 heteroatoms. The molecular formula is C9H14N2O. The van der Waals surface area contributed by atoms with Crippen molar-refractivity contribution in [2.45, 2.75) is 25.4 Å². The van der Waals surface area contributed by atoms with Crippen molar-refractivity contribution >= 4 is 5.90 Å². The molecular weight excluding hydrogens is 152 g/mol. The molecule has 2 rings (SSSR count). The minimum atomic E-state index is -0.111. The van der Waals surface area contributed by atoms with E-state index in [0.29, 0.717) is 5.92 Å². The molecule has 0 saturated heterocycles. The van der Waals surface area contributed by atoms with Gasteiger partial charge in [0.15, 0.2) is 0 Å². The maximum Gasteiger partial charge on any atom is 0.212 e. The van der Waals surface area contributed by atoms with Crippen LogP contribution in [0.4, 0.5) is 0 Å². The molecule has 0 bridgehead atoms. The predicted octanol–water partition coefficient (Wildman–Crippen LogP) is 1.27. The fourth-order valence-electron chi connectivity index (χ4n) is 1.55. The summed E-state index contributed by atoms with van der Waals surface area (Å²) in [6.45, 7) is 2.12. The summed E-state index contributed by atoms with van der Waals surface area (Å²) in [4.78, 5) is 4.49. The number of methoxy groups -OCH3 is 1. The number of nitrogens with zero attached hydrogens (tertiary/aromatic N) is 1. The van der Waals surface area contributed by atoms with Gasteiger partial charge in [-0.2, -0.15) is 0 Å². The van der Waals surface area contributed by atoms with E-state index in [1.807, 2.05) is 12.3 Å². The minimum absolute atomic E-state index is 0.111. The third-order valence-electron chi connectivity index (χ3n) is 2.53. The Bertz CT molecular complexity index is 243. The number of hydrogen-bond donors (Lipinski definition) is 1. The second-order valence-corrected chi connectivity index (χ2v) is 3.55. The van der Waals surface area contributed by atoms with E-state index in [0.717, 1.165) is 5.90 Å². The summed E-state index contributed by atoms with van der Waals surface area (Å²) in [5.41, 5.74) is -0.111. The van der Waals surface area contributed by atoms with Crippen molar-refractivity contribution in [3.8, 4) is 0 Å². The second-order valence-electron chi connectivity index (χ2n) is 3.55. The SMILES string of the molecule is COC1=NC(C)(C2CC2)NC=C1. The van der Waals surface area contributed by atoms with E-state index in [-0.39, 0.29) is 5.66 Å². The summed E-state index contributed by atoms with van der Waals surface area (Å²) in [6, 6.07) is 0. The van der Waals surface area contributed by atoms with Crippen molar-refractivity contribution in [1.29, 1.82) is 0 Å². The van der Waals surface area contributed by atoms with Gasteiger partial charge in [-0.15, -0.1) is 0 Å². The van der Waals surface area contributed by atoms with Gasteiger partial charge in [0.05, 0.1) is 7.11 Å². The van der Waals surface area contributed by atoms with Crippen LogP contribution in [0.5, 0.6) is 0 Å². The van der Waals surface area contributed by atoms with Gasteiger partial charge in [0.2, 0.25) is 5.90 Å². The predicted molar refractivity (Wildman–Crippen MR) is 47.8 cm³/mol. The molecule has 0 spiro atoms. The molecule has 0 aromatic heterocycles. The fourth-order valence-corrected chi connectivity index (χ4v) is 1.55. The second kappa shape index (κ2) is 2.51. The van der Waals surface area contributed by atoms with Crippen LogP contribution in [-0.4, -0.2) is 18.7 Å². The van der Waals surface area contributed by atoms with Crippen molar-refractivity contribution in [2.24, 2.45) is 10.9 Å². The maximum absolute atomic E-state index is 5.09. The first-order valence-corrected chi connectivity index (χ1v) is 4.33. The van der Waals surface area contributed by atoms with Gasteiger partial charge in [-0.05, 0) is 19.8 Å². The summed E-state index contributed by atoms with van der Waals surface area (Å²) < 4.78 is 5.09. The highest BCUT2D eigenvalue weighted by atomic mass is 16.5. The number of hydrogen-bond acceptors (Lipinski definition) is 3. The summed E-state index contributed by atoms with van der Waals surface area (Å²) in [5, 5.41) is 3.27. The van der Waals surface area contributed by atoms with Gasteiger partial charge in [0.1, 0.15) is 5.66 Å². The highest BCUT2D eigenvalue weighted by molar-refractivity contribution is 5.88. The first-order chi connectivity index (χ1) is 5.74.